The number of primary amides is 1. The molecule has 0 bridgehead atoms. The van der Waals surface area contributed by atoms with Gasteiger partial charge >= 0.3 is 0 Å². The Morgan fingerprint density at radius 2 is 2.23 bits per heavy atom. The molecule has 13 heavy (non-hydrogen) atoms. The van der Waals surface area contributed by atoms with Crippen LogP contribution in [0.15, 0.2) is 11.8 Å². The minimum absolute atomic E-state index is 0.0398. The highest BCUT2D eigenvalue weighted by molar-refractivity contribution is 5.92. The smallest absolute Gasteiger partial charge is 0.264 e. The fraction of sp³-hybridized carbons (Fsp3) is 0.500. The maximum atomic E-state index is 11.2. The van der Waals surface area contributed by atoms with Crippen LogP contribution in [0.25, 0.3) is 0 Å². The normalized spacial score (nSPS) is 23.8. The van der Waals surface area contributed by atoms with Crippen molar-refractivity contribution in [3.05, 3.63) is 11.8 Å². The van der Waals surface area contributed by atoms with E-state index >= 15 is 0 Å². The fourth-order valence-electron chi connectivity index (χ4n) is 1.25. The maximum Gasteiger partial charge on any atom is 0.264 e. The number of piperidine rings is 1. The van der Waals surface area contributed by atoms with Crippen LogP contribution in [0, 0.1) is 5.92 Å². The third-order valence-corrected chi connectivity index (χ3v) is 1.99. The van der Waals surface area contributed by atoms with Gasteiger partial charge in [0.2, 0.25) is 5.91 Å². The van der Waals surface area contributed by atoms with E-state index in [0.717, 1.165) is 12.8 Å². The van der Waals surface area contributed by atoms with E-state index in [1.807, 2.05) is 0 Å². The van der Waals surface area contributed by atoms with E-state index in [1.54, 1.807) is 0 Å². The number of hydrogen-bond acceptors (Lipinski definition) is 3. The summed E-state index contributed by atoms with van der Waals surface area (Å²) in [7, 11) is 0. The molecule has 0 aromatic rings. The Hall–Kier alpha value is -1.52. The second-order valence-electron chi connectivity index (χ2n) is 3.03. The Kier molecular flexibility index (Phi) is 2.89. The Morgan fingerprint density at radius 3 is 2.77 bits per heavy atom. The standard InChI is InChI=1S/C8H13N3O2/c9-6(7(10)12)4-5-2-1-3-11-8(5)13/h4-5H,1-3,9H2,(H2,10,12)(H,11,13)/b6-4-/t5-/m0/s1. The Balaban J connectivity index is 2.65. The van der Waals surface area contributed by atoms with Gasteiger partial charge in [-0.2, -0.15) is 0 Å². The summed E-state index contributed by atoms with van der Waals surface area (Å²) in [5.74, 6) is -1.07. The van der Waals surface area contributed by atoms with Gasteiger partial charge in [0.25, 0.3) is 5.91 Å². The van der Waals surface area contributed by atoms with Crippen LogP contribution in [-0.2, 0) is 9.59 Å². The van der Waals surface area contributed by atoms with Crippen LogP contribution in [0.3, 0.4) is 0 Å². The van der Waals surface area contributed by atoms with Gasteiger partial charge in [-0.1, -0.05) is 0 Å². The quantitative estimate of drug-likeness (QED) is 0.471. The fourth-order valence-corrected chi connectivity index (χ4v) is 1.25. The third kappa shape index (κ3) is 2.47. The molecule has 1 heterocycles. The molecule has 0 aliphatic carbocycles. The highest BCUT2D eigenvalue weighted by Crippen LogP contribution is 2.13. The van der Waals surface area contributed by atoms with Gasteiger partial charge < -0.3 is 16.8 Å². The molecule has 1 fully saturated rings. The molecule has 5 heteroatoms. The molecule has 1 atom stereocenters. The van der Waals surface area contributed by atoms with E-state index in [1.165, 1.54) is 6.08 Å². The van der Waals surface area contributed by atoms with E-state index in [2.05, 4.69) is 5.32 Å². The highest BCUT2D eigenvalue weighted by Gasteiger charge is 2.20. The summed E-state index contributed by atoms with van der Waals surface area (Å²) in [4.78, 5) is 21.8. The van der Waals surface area contributed by atoms with Crippen LogP contribution in [0.2, 0.25) is 0 Å². The lowest BCUT2D eigenvalue weighted by atomic mass is 9.97. The predicted molar refractivity (Wildman–Crippen MR) is 47.2 cm³/mol. The molecule has 0 saturated carbocycles. The lowest BCUT2D eigenvalue weighted by molar-refractivity contribution is -0.125. The largest absolute Gasteiger partial charge is 0.395 e. The van der Waals surface area contributed by atoms with Gasteiger partial charge in [0, 0.05) is 6.54 Å². The topological polar surface area (TPSA) is 98.2 Å². The van der Waals surface area contributed by atoms with Gasteiger partial charge in [-0.05, 0) is 18.9 Å². The van der Waals surface area contributed by atoms with Crippen molar-refractivity contribution in [2.24, 2.45) is 17.4 Å². The van der Waals surface area contributed by atoms with Crippen molar-refractivity contribution in [2.75, 3.05) is 6.54 Å². The first-order valence-corrected chi connectivity index (χ1v) is 4.16. The van der Waals surface area contributed by atoms with Crippen LogP contribution in [0.1, 0.15) is 12.8 Å². The Morgan fingerprint density at radius 1 is 1.54 bits per heavy atom. The minimum Gasteiger partial charge on any atom is -0.395 e. The Labute approximate surface area is 76.2 Å². The number of nitrogens with one attached hydrogen (secondary N) is 1. The average molecular weight is 183 g/mol. The van der Waals surface area contributed by atoms with E-state index < -0.39 is 5.91 Å². The van der Waals surface area contributed by atoms with Gasteiger partial charge in [-0.3, -0.25) is 9.59 Å². The van der Waals surface area contributed by atoms with Crippen molar-refractivity contribution in [2.45, 2.75) is 12.8 Å². The predicted octanol–water partition coefficient (Wildman–Crippen LogP) is -1.16. The van der Waals surface area contributed by atoms with E-state index in [0.29, 0.717) is 6.54 Å². The molecule has 1 rings (SSSR count). The molecule has 0 spiro atoms. The first-order chi connectivity index (χ1) is 6.11. The zero-order valence-electron chi connectivity index (χ0n) is 7.25. The summed E-state index contributed by atoms with van der Waals surface area (Å²) in [6, 6.07) is 0. The second-order valence-corrected chi connectivity index (χ2v) is 3.03. The van der Waals surface area contributed by atoms with Crippen LogP contribution in [0.4, 0.5) is 0 Å². The van der Waals surface area contributed by atoms with Crippen LogP contribution in [0.5, 0.6) is 0 Å². The zero-order valence-corrected chi connectivity index (χ0v) is 7.25. The molecule has 1 aliphatic heterocycles. The van der Waals surface area contributed by atoms with E-state index in [9.17, 15) is 9.59 Å². The Bertz CT molecular complexity index is 260. The molecule has 0 aromatic carbocycles. The molecule has 1 saturated heterocycles. The summed E-state index contributed by atoms with van der Waals surface area (Å²) in [6.45, 7) is 0.694. The van der Waals surface area contributed by atoms with Gasteiger partial charge in [0.05, 0.1) is 11.6 Å². The first-order valence-electron chi connectivity index (χ1n) is 4.16. The number of hydrogen-bond donors (Lipinski definition) is 3. The number of rotatable bonds is 2. The minimum atomic E-state index is -0.682. The SMILES string of the molecule is NC(=O)/C(N)=C/[C@@H]1CCCNC1=O. The molecule has 0 unspecified atom stereocenters. The van der Waals surface area contributed by atoms with Crippen molar-refractivity contribution in [3.63, 3.8) is 0 Å². The van der Waals surface area contributed by atoms with Gasteiger partial charge in [0.15, 0.2) is 0 Å². The number of nitrogens with two attached hydrogens (primary N) is 2. The van der Waals surface area contributed by atoms with Crippen molar-refractivity contribution < 1.29 is 9.59 Å². The van der Waals surface area contributed by atoms with Gasteiger partial charge in [-0.25, -0.2) is 0 Å². The lowest BCUT2D eigenvalue weighted by Gasteiger charge is -2.18. The molecule has 72 valence electrons. The van der Waals surface area contributed by atoms with Crippen LogP contribution >= 0.6 is 0 Å². The molecule has 0 aromatic heterocycles. The highest BCUT2D eigenvalue weighted by atomic mass is 16.2. The summed E-state index contributed by atoms with van der Waals surface area (Å²) >= 11 is 0. The van der Waals surface area contributed by atoms with E-state index in [4.69, 9.17) is 11.5 Å². The van der Waals surface area contributed by atoms with Crippen molar-refractivity contribution >= 4 is 11.8 Å². The number of carbonyl (C=O) groups excluding carboxylic acids is 2. The average Bonchev–Trinajstić information content (AvgIpc) is 2.08. The summed E-state index contributed by atoms with van der Waals surface area (Å²) < 4.78 is 0. The lowest BCUT2D eigenvalue weighted by Crippen LogP contribution is -2.36. The van der Waals surface area contributed by atoms with Crippen LogP contribution < -0.4 is 16.8 Å². The molecule has 2 amide bonds. The molecule has 0 radical (unpaired) electrons. The monoisotopic (exact) mass is 183 g/mol. The zero-order chi connectivity index (χ0) is 9.84. The van der Waals surface area contributed by atoms with Crippen molar-refractivity contribution in [1.29, 1.82) is 0 Å². The molecular formula is C8H13N3O2. The van der Waals surface area contributed by atoms with Gasteiger partial charge in [0.1, 0.15) is 0 Å². The second kappa shape index (κ2) is 3.93. The number of amides is 2. The maximum absolute atomic E-state index is 11.2. The molecule has 5 N–H and O–H groups in total. The van der Waals surface area contributed by atoms with Crippen molar-refractivity contribution in [3.8, 4) is 0 Å². The van der Waals surface area contributed by atoms with E-state index in [-0.39, 0.29) is 17.5 Å². The third-order valence-electron chi connectivity index (χ3n) is 1.99. The number of carbonyl (C=O) groups is 2. The summed E-state index contributed by atoms with van der Waals surface area (Å²) in [6.07, 6.45) is 3.05. The van der Waals surface area contributed by atoms with Gasteiger partial charge in [-0.15, -0.1) is 0 Å². The molecule has 5 nitrogen and oxygen atoms in total. The summed E-state index contributed by atoms with van der Waals surface area (Å²) in [5.41, 5.74) is 10.2. The molecular weight excluding hydrogens is 170 g/mol. The first kappa shape index (κ1) is 9.57. The molecule has 1 aliphatic rings. The van der Waals surface area contributed by atoms with Crippen LogP contribution in [-0.4, -0.2) is 18.4 Å². The summed E-state index contributed by atoms with van der Waals surface area (Å²) in [5, 5.41) is 2.69. The van der Waals surface area contributed by atoms with Crippen molar-refractivity contribution in [1.82, 2.24) is 5.32 Å².